The van der Waals surface area contributed by atoms with Crippen molar-refractivity contribution in [2.24, 2.45) is 0 Å². The summed E-state index contributed by atoms with van der Waals surface area (Å²) in [5, 5.41) is 3.85. The quantitative estimate of drug-likeness (QED) is 0.925. The number of methoxy groups -OCH3 is 1. The largest absolute Gasteiger partial charge is 0.496 e. The molecule has 2 heterocycles. The van der Waals surface area contributed by atoms with Crippen molar-refractivity contribution in [2.45, 2.75) is 6.18 Å². The van der Waals surface area contributed by atoms with Gasteiger partial charge in [-0.3, -0.25) is 0 Å². The fourth-order valence-electron chi connectivity index (χ4n) is 2.62. The Hall–Kier alpha value is -2.02. The third kappa shape index (κ3) is 2.81. The fraction of sp³-hybridized carbons (Fsp3) is 0.400. The Morgan fingerprint density at radius 1 is 1.18 bits per heavy atom. The molecule has 7 heteroatoms. The van der Waals surface area contributed by atoms with E-state index in [1.54, 1.807) is 12.1 Å². The van der Waals surface area contributed by atoms with E-state index in [2.05, 4.69) is 15.2 Å². The van der Waals surface area contributed by atoms with E-state index in [1.165, 1.54) is 7.11 Å². The minimum Gasteiger partial charge on any atom is -0.496 e. The number of hydrogen-bond acceptors (Lipinski definition) is 4. The molecule has 1 fully saturated rings. The van der Waals surface area contributed by atoms with Gasteiger partial charge in [0, 0.05) is 43.3 Å². The number of halogens is 3. The van der Waals surface area contributed by atoms with E-state index in [1.807, 2.05) is 6.07 Å². The summed E-state index contributed by atoms with van der Waals surface area (Å²) in [6.45, 7) is 3.50. The predicted octanol–water partition coefficient (Wildman–Crippen LogP) is 2.67. The summed E-state index contributed by atoms with van der Waals surface area (Å²) in [5.74, 6) is 0.189. The molecular formula is C15H16F3N3O. The first-order chi connectivity index (χ1) is 10.5. The zero-order valence-corrected chi connectivity index (χ0v) is 12.1. The fourth-order valence-corrected chi connectivity index (χ4v) is 2.62. The van der Waals surface area contributed by atoms with Crippen LogP contribution in [-0.2, 0) is 6.18 Å². The standard InChI is InChI=1S/C15H16F3N3O/c1-22-13-9-14(15(16,17)18)20-12-3-2-10(8-11(12)13)21-6-4-19-5-7-21/h2-3,8-9,19H,4-7H2,1H3. The highest BCUT2D eigenvalue weighted by Crippen LogP contribution is 2.35. The van der Waals surface area contributed by atoms with Crippen molar-refractivity contribution in [3.63, 3.8) is 0 Å². The predicted molar refractivity (Wildman–Crippen MR) is 78.4 cm³/mol. The number of hydrogen-bond donors (Lipinski definition) is 1. The van der Waals surface area contributed by atoms with Gasteiger partial charge in [-0.15, -0.1) is 0 Å². The number of benzene rings is 1. The van der Waals surface area contributed by atoms with Gasteiger partial charge in [0.15, 0.2) is 0 Å². The average Bonchev–Trinajstić information content (AvgIpc) is 2.53. The van der Waals surface area contributed by atoms with Gasteiger partial charge in [-0.1, -0.05) is 0 Å². The van der Waals surface area contributed by atoms with Crippen LogP contribution in [0.3, 0.4) is 0 Å². The molecule has 1 N–H and O–H groups in total. The van der Waals surface area contributed by atoms with Gasteiger partial charge in [0.25, 0.3) is 0 Å². The van der Waals surface area contributed by atoms with Crippen LogP contribution in [0, 0.1) is 0 Å². The maximum Gasteiger partial charge on any atom is 0.433 e. The second kappa shape index (κ2) is 5.64. The Balaban J connectivity index is 2.07. The monoisotopic (exact) mass is 311 g/mol. The molecule has 0 bridgehead atoms. The van der Waals surface area contributed by atoms with Gasteiger partial charge in [0.1, 0.15) is 11.4 Å². The van der Waals surface area contributed by atoms with Gasteiger partial charge < -0.3 is 15.0 Å². The highest BCUT2D eigenvalue weighted by atomic mass is 19.4. The van der Waals surface area contributed by atoms with Gasteiger partial charge >= 0.3 is 6.18 Å². The van der Waals surface area contributed by atoms with E-state index in [-0.39, 0.29) is 11.3 Å². The summed E-state index contributed by atoms with van der Waals surface area (Å²) < 4.78 is 43.7. The maximum atomic E-state index is 12.9. The van der Waals surface area contributed by atoms with Crippen LogP contribution in [0.25, 0.3) is 10.9 Å². The summed E-state index contributed by atoms with van der Waals surface area (Å²) in [6, 6.07) is 6.21. The number of nitrogens with zero attached hydrogens (tertiary/aromatic N) is 2. The summed E-state index contributed by atoms with van der Waals surface area (Å²) in [6.07, 6.45) is -4.49. The van der Waals surface area contributed by atoms with Crippen molar-refractivity contribution in [3.8, 4) is 5.75 Å². The molecule has 1 aromatic heterocycles. The molecule has 0 radical (unpaired) electrons. The minimum absolute atomic E-state index is 0.189. The van der Waals surface area contributed by atoms with Crippen LogP contribution in [-0.4, -0.2) is 38.3 Å². The summed E-state index contributed by atoms with van der Waals surface area (Å²) in [5.41, 5.74) is 0.311. The van der Waals surface area contributed by atoms with Gasteiger partial charge in [0.05, 0.1) is 12.6 Å². The van der Waals surface area contributed by atoms with Crippen molar-refractivity contribution in [1.29, 1.82) is 0 Å². The van der Waals surface area contributed by atoms with Crippen molar-refractivity contribution < 1.29 is 17.9 Å². The molecule has 0 amide bonds. The Bertz CT molecular complexity index is 682. The third-order valence-corrected chi connectivity index (χ3v) is 3.75. The number of alkyl halides is 3. The van der Waals surface area contributed by atoms with E-state index in [0.717, 1.165) is 37.9 Å². The molecule has 118 valence electrons. The normalized spacial score (nSPS) is 16.1. The molecule has 2 aromatic rings. The average molecular weight is 311 g/mol. The van der Waals surface area contributed by atoms with E-state index >= 15 is 0 Å². The molecule has 0 unspecified atom stereocenters. The van der Waals surface area contributed by atoms with E-state index < -0.39 is 11.9 Å². The Kier molecular flexibility index (Phi) is 3.82. The van der Waals surface area contributed by atoms with Gasteiger partial charge in [0.2, 0.25) is 0 Å². The lowest BCUT2D eigenvalue weighted by atomic mass is 10.1. The molecule has 1 saturated heterocycles. The first-order valence-electron chi connectivity index (χ1n) is 7.01. The number of fused-ring (bicyclic) bond motifs is 1. The van der Waals surface area contributed by atoms with Crippen LogP contribution < -0.4 is 15.0 Å². The second-order valence-corrected chi connectivity index (χ2v) is 5.15. The molecule has 0 spiro atoms. The molecule has 1 aliphatic rings. The van der Waals surface area contributed by atoms with E-state index in [0.29, 0.717) is 5.39 Å². The van der Waals surface area contributed by atoms with Crippen LogP contribution >= 0.6 is 0 Å². The number of nitrogens with one attached hydrogen (secondary N) is 1. The van der Waals surface area contributed by atoms with Crippen molar-refractivity contribution in [1.82, 2.24) is 10.3 Å². The highest BCUT2D eigenvalue weighted by molar-refractivity contribution is 5.88. The summed E-state index contributed by atoms with van der Waals surface area (Å²) in [7, 11) is 1.37. The van der Waals surface area contributed by atoms with Crippen LogP contribution in [0.4, 0.5) is 18.9 Å². The lowest BCUT2D eigenvalue weighted by Crippen LogP contribution is -2.43. The Morgan fingerprint density at radius 2 is 1.91 bits per heavy atom. The topological polar surface area (TPSA) is 37.4 Å². The molecule has 4 nitrogen and oxygen atoms in total. The highest BCUT2D eigenvalue weighted by Gasteiger charge is 2.33. The Morgan fingerprint density at radius 3 is 2.55 bits per heavy atom. The zero-order valence-electron chi connectivity index (χ0n) is 12.1. The van der Waals surface area contributed by atoms with Crippen LogP contribution in [0.2, 0.25) is 0 Å². The van der Waals surface area contributed by atoms with Crippen LogP contribution in [0.5, 0.6) is 5.75 Å². The molecule has 0 saturated carbocycles. The smallest absolute Gasteiger partial charge is 0.433 e. The van der Waals surface area contributed by atoms with Gasteiger partial charge in [-0.25, -0.2) is 4.98 Å². The number of pyridine rings is 1. The van der Waals surface area contributed by atoms with Crippen molar-refractivity contribution in [2.75, 3.05) is 38.2 Å². The Labute approximate surface area is 125 Å². The van der Waals surface area contributed by atoms with Crippen LogP contribution in [0.1, 0.15) is 5.69 Å². The first-order valence-corrected chi connectivity index (χ1v) is 7.01. The zero-order chi connectivity index (χ0) is 15.7. The van der Waals surface area contributed by atoms with Crippen molar-refractivity contribution in [3.05, 3.63) is 30.0 Å². The number of rotatable bonds is 2. The third-order valence-electron chi connectivity index (χ3n) is 3.75. The molecular weight excluding hydrogens is 295 g/mol. The van der Waals surface area contributed by atoms with Crippen LogP contribution in [0.15, 0.2) is 24.3 Å². The van der Waals surface area contributed by atoms with Crippen molar-refractivity contribution >= 4 is 16.6 Å². The molecule has 0 atom stereocenters. The maximum absolute atomic E-state index is 12.9. The first kappa shape index (κ1) is 14.9. The number of piperazine rings is 1. The summed E-state index contributed by atoms with van der Waals surface area (Å²) in [4.78, 5) is 5.89. The second-order valence-electron chi connectivity index (χ2n) is 5.15. The van der Waals surface area contributed by atoms with E-state index in [9.17, 15) is 13.2 Å². The van der Waals surface area contributed by atoms with E-state index in [4.69, 9.17) is 4.74 Å². The number of ether oxygens (including phenoxy) is 1. The molecule has 0 aliphatic carbocycles. The molecule has 3 rings (SSSR count). The molecule has 1 aliphatic heterocycles. The molecule has 1 aromatic carbocycles. The van der Waals surface area contributed by atoms with Gasteiger partial charge in [-0.2, -0.15) is 13.2 Å². The van der Waals surface area contributed by atoms with Gasteiger partial charge in [-0.05, 0) is 18.2 Å². The SMILES string of the molecule is COc1cc(C(F)(F)F)nc2ccc(N3CCNCC3)cc12. The minimum atomic E-state index is -4.49. The summed E-state index contributed by atoms with van der Waals surface area (Å²) >= 11 is 0. The lowest BCUT2D eigenvalue weighted by molar-refractivity contribution is -0.141. The number of anilines is 1. The lowest BCUT2D eigenvalue weighted by Gasteiger charge is -2.29. The number of aromatic nitrogens is 1. The molecule has 22 heavy (non-hydrogen) atoms.